The highest BCUT2D eigenvalue weighted by Gasteiger charge is 2.33. The number of hydrogen-bond donors (Lipinski definition) is 2. The Bertz CT molecular complexity index is 1840. The number of nitrogens with one attached hydrogen (secondary N) is 2. The van der Waals surface area contributed by atoms with Gasteiger partial charge in [-0.1, -0.05) is 96.1 Å². The molecule has 1 saturated heterocycles. The van der Waals surface area contributed by atoms with Crippen LogP contribution < -0.4 is 9.44 Å². The van der Waals surface area contributed by atoms with Gasteiger partial charge in [-0.15, -0.1) is 0 Å². The molecule has 0 saturated carbocycles. The molecule has 1 aliphatic heterocycles. The molecule has 2 atom stereocenters. The number of amides is 2. The van der Waals surface area contributed by atoms with Gasteiger partial charge in [0.2, 0.25) is 31.9 Å². The number of ether oxygens (including phenoxy) is 2. The zero-order chi connectivity index (χ0) is 37.1. The van der Waals surface area contributed by atoms with Gasteiger partial charge in [-0.3, -0.25) is 9.59 Å². The third-order valence-electron chi connectivity index (χ3n) is 8.61. The van der Waals surface area contributed by atoms with Gasteiger partial charge in [0, 0.05) is 26.2 Å². The van der Waals surface area contributed by atoms with Crippen LogP contribution in [-0.2, 0) is 39.1 Å². The number of sulfonamides is 2. The fourth-order valence-electron chi connectivity index (χ4n) is 5.63. The van der Waals surface area contributed by atoms with Gasteiger partial charge in [-0.05, 0) is 49.2 Å². The van der Waals surface area contributed by atoms with Crippen LogP contribution in [0.5, 0.6) is 0 Å². The highest BCUT2D eigenvalue weighted by Crippen LogP contribution is 2.22. The number of carbonyl (C=O) groups excluding carboxylic acids is 2. The highest BCUT2D eigenvalue weighted by molar-refractivity contribution is 7.89. The second kappa shape index (κ2) is 17.9. The highest BCUT2D eigenvalue weighted by atomic mass is 32.2. The molecule has 2 unspecified atom stereocenters. The lowest BCUT2D eigenvalue weighted by molar-refractivity contribution is -0.136. The molecule has 4 aromatic carbocycles. The number of nitrogens with zero attached hydrogens (tertiary/aromatic N) is 2. The molecule has 12 nitrogen and oxygen atoms in total. The van der Waals surface area contributed by atoms with Gasteiger partial charge >= 0.3 is 0 Å². The minimum Gasteiger partial charge on any atom is -0.378 e. The maximum absolute atomic E-state index is 14.0. The zero-order valence-corrected chi connectivity index (χ0v) is 30.8. The fraction of sp³-hybridized carbons (Fsp3) is 0.316. The van der Waals surface area contributed by atoms with E-state index >= 15 is 0 Å². The Labute approximate surface area is 305 Å². The van der Waals surface area contributed by atoms with Crippen molar-refractivity contribution >= 4 is 31.9 Å². The predicted octanol–water partition coefficient (Wildman–Crippen LogP) is 3.75. The van der Waals surface area contributed by atoms with Crippen molar-refractivity contribution in [2.24, 2.45) is 0 Å². The minimum atomic E-state index is -4.06. The van der Waals surface area contributed by atoms with Crippen molar-refractivity contribution in [3.63, 3.8) is 0 Å². The van der Waals surface area contributed by atoms with E-state index in [9.17, 15) is 26.4 Å². The average Bonchev–Trinajstić information content (AvgIpc) is 3.14. The summed E-state index contributed by atoms with van der Waals surface area (Å²) < 4.78 is 70.6. The van der Waals surface area contributed by atoms with Crippen LogP contribution in [0, 0.1) is 13.8 Å². The van der Waals surface area contributed by atoms with Gasteiger partial charge in [-0.2, -0.15) is 9.44 Å². The lowest BCUT2D eigenvalue weighted by Gasteiger charge is -2.30. The SMILES string of the molecule is Cc1ccc(S(=O)(=O)NC(C(=O)N2CCOCCN(C(=O)C(NS(=O)(=O)c3ccc(C)cc3)c3ccccc3)CCOCC2)c2ccccc2)cc1. The molecule has 0 aromatic heterocycles. The first-order chi connectivity index (χ1) is 24.9. The van der Waals surface area contributed by atoms with Gasteiger partial charge in [0.05, 0.1) is 36.2 Å². The summed E-state index contributed by atoms with van der Waals surface area (Å²) in [5.74, 6) is -0.927. The molecule has 0 radical (unpaired) electrons. The summed E-state index contributed by atoms with van der Waals surface area (Å²) in [6.45, 7) is 4.65. The van der Waals surface area contributed by atoms with E-state index in [1.54, 1.807) is 84.9 Å². The first kappa shape index (κ1) is 38.8. The maximum atomic E-state index is 14.0. The van der Waals surface area contributed by atoms with Crippen molar-refractivity contribution in [3.8, 4) is 0 Å². The van der Waals surface area contributed by atoms with Crippen LogP contribution in [0.2, 0.25) is 0 Å². The molecule has 52 heavy (non-hydrogen) atoms. The van der Waals surface area contributed by atoms with Crippen LogP contribution in [0.1, 0.15) is 34.3 Å². The Balaban J connectivity index is 1.28. The van der Waals surface area contributed by atoms with Gasteiger partial charge in [-0.25, -0.2) is 16.8 Å². The van der Waals surface area contributed by atoms with Crippen molar-refractivity contribution in [3.05, 3.63) is 131 Å². The molecule has 1 heterocycles. The molecule has 0 spiro atoms. The molecular weight excluding hydrogens is 705 g/mol. The largest absolute Gasteiger partial charge is 0.378 e. The Kier molecular flexibility index (Phi) is 13.3. The molecule has 0 bridgehead atoms. The van der Waals surface area contributed by atoms with Crippen molar-refractivity contribution in [2.75, 3.05) is 52.6 Å². The summed E-state index contributed by atoms with van der Waals surface area (Å²) in [6, 6.07) is 27.7. The topological polar surface area (TPSA) is 151 Å². The van der Waals surface area contributed by atoms with Crippen LogP contribution in [-0.4, -0.2) is 91.1 Å². The first-order valence-corrected chi connectivity index (χ1v) is 19.9. The monoisotopic (exact) mass is 748 g/mol. The normalized spacial score (nSPS) is 16.3. The maximum Gasteiger partial charge on any atom is 0.245 e. The lowest BCUT2D eigenvalue weighted by Crippen LogP contribution is -2.47. The summed E-state index contributed by atoms with van der Waals surface area (Å²) in [6.07, 6.45) is 0. The molecule has 276 valence electrons. The summed E-state index contributed by atoms with van der Waals surface area (Å²) in [5.41, 5.74) is 2.77. The van der Waals surface area contributed by atoms with E-state index in [-0.39, 0.29) is 62.4 Å². The van der Waals surface area contributed by atoms with Crippen LogP contribution in [0.4, 0.5) is 0 Å². The smallest absolute Gasteiger partial charge is 0.245 e. The standard InChI is InChI=1S/C38H44N4O8S2/c1-29-13-17-33(18-14-29)51(45,46)39-35(31-9-5-3-6-10-31)37(43)41-21-25-49-27-23-42(24-28-50-26-22-41)38(44)36(32-11-7-4-8-12-32)40-52(47,48)34-19-15-30(2)16-20-34/h3-20,35-36,39-40H,21-28H2,1-2H3. The Hall–Kier alpha value is -4.44. The van der Waals surface area contributed by atoms with Crippen molar-refractivity contribution < 1.29 is 35.9 Å². The van der Waals surface area contributed by atoms with Gasteiger partial charge in [0.15, 0.2) is 0 Å². The number of hydrogen-bond acceptors (Lipinski definition) is 8. The number of benzene rings is 4. The third kappa shape index (κ3) is 10.3. The van der Waals surface area contributed by atoms with E-state index in [0.717, 1.165) is 11.1 Å². The van der Waals surface area contributed by atoms with Crippen molar-refractivity contribution in [1.29, 1.82) is 0 Å². The van der Waals surface area contributed by atoms with Gasteiger partial charge < -0.3 is 19.3 Å². The Morgan fingerprint density at radius 2 is 0.827 bits per heavy atom. The van der Waals surface area contributed by atoms with E-state index in [1.807, 2.05) is 13.8 Å². The number of carbonyl (C=O) groups is 2. The van der Waals surface area contributed by atoms with Gasteiger partial charge in [0.25, 0.3) is 0 Å². The molecule has 2 N–H and O–H groups in total. The molecule has 1 aliphatic rings. The molecule has 2 amide bonds. The predicted molar refractivity (Wildman–Crippen MR) is 196 cm³/mol. The minimum absolute atomic E-state index is 0.0451. The van der Waals surface area contributed by atoms with Crippen molar-refractivity contribution in [1.82, 2.24) is 19.2 Å². The van der Waals surface area contributed by atoms with Crippen LogP contribution in [0.3, 0.4) is 0 Å². The van der Waals surface area contributed by atoms with E-state index in [1.165, 1.54) is 34.1 Å². The van der Waals surface area contributed by atoms with Crippen LogP contribution in [0.25, 0.3) is 0 Å². The van der Waals surface area contributed by atoms with Crippen LogP contribution >= 0.6 is 0 Å². The van der Waals surface area contributed by atoms with E-state index in [2.05, 4.69) is 9.44 Å². The average molecular weight is 749 g/mol. The summed E-state index contributed by atoms with van der Waals surface area (Å²) in [7, 11) is -8.12. The number of rotatable bonds is 10. The van der Waals surface area contributed by atoms with E-state index in [0.29, 0.717) is 11.1 Å². The van der Waals surface area contributed by atoms with E-state index < -0.39 is 43.9 Å². The molecular formula is C38H44N4O8S2. The molecule has 1 fully saturated rings. The summed E-state index contributed by atoms with van der Waals surface area (Å²) in [4.78, 5) is 31.2. The van der Waals surface area contributed by atoms with Crippen molar-refractivity contribution in [2.45, 2.75) is 35.7 Å². The number of aryl methyl sites for hydroxylation is 2. The van der Waals surface area contributed by atoms with Gasteiger partial charge in [0.1, 0.15) is 12.1 Å². The van der Waals surface area contributed by atoms with Crippen LogP contribution in [0.15, 0.2) is 119 Å². The molecule has 14 heteroatoms. The zero-order valence-electron chi connectivity index (χ0n) is 29.2. The first-order valence-electron chi connectivity index (χ1n) is 17.0. The molecule has 0 aliphatic carbocycles. The summed E-state index contributed by atoms with van der Waals surface area (Å²) >= 11 is 0. The Morgan fingerprint density at radius 1 is 0.519 bits per heavy atom. The third-order valence-corrected chi connectivity index (χ3v) is 11.5. The van der Waals surface area contributed by atoms with E-state index in [4.69, 9.17) is 9.47 Å². The quantitative estimate of drug-likeness (QED) is 0.249. The summed E-state index contributed by atoms with van der Waals surface area (Å²) in [5, 5.41) is 0. The lowest BCUT2D eigenvalue weighted by atomic mass is 10.1. The fourth-order valence-corrected chi connectivity index (χ4v) is 7.98. The second-order valence-electron chi connectivity index (χ2n) is 12.4. The molecule has 5 rings (SSSR count). The molecule has 4 aromatic rings. The Morgan fingerprint density at radius 3 is 1.13 bits per heavy atom. The second-order valence-corrected chi connectivity index (χ2v) is 15.9.